The zero-order chi connectivity index (χ0) is 12.0. The number of aromatic nitrogens is 1. The minimum atomic E-state index is -0.587. The number of anilines is 1. The number of hydrogen-bond acceptors (Lipinski definition) is 4. The Morgan fingerprint density at radius 1 is 1.69 bits per heavy atom. The van der Waals surface area contributed by atoms with E-state index in [1.54, 1.807) is 19.2 Å². The maximum Gasteiger partial charge on any atom is 0.241 e. The number of ether oxygens (including phenoxy) is 1. The molecule has 0 radical (unpaired) electrons. The number of hydrogen-bond donors (Lipinski definition) is 2. The number of carbonyl (C=O) groups is 1. The van der Waals surface area contributed by atoms with Gasteiger partial charge in [0.05, 0.1) is 17.9 Å². The molecule has 0 aliphatic heterocycles. The Morgan fingerprint density at radius 2 is 2.44 bits per heavy atom. The van der Waals surface area contributed by atoms with Crippen LogP contribution < -0.4 is 11.1 Å². The number of carbonyl (C=O) groups excluding carboxylic acids is 1. The van der Waals surface area contributed by atoms with Crippen molar-refractivity contribution in [3.8, 4) is 0 Å². The van der Waals surface area contributed by atoms with Crippen LogP contribution in [-0.2, 0) is 9.53 Å². The van der Waals surface area contributed by atoms with E-state index in [2.05, 4.69) is 10.3 Å². The van der Waals surface area contributed by atoms with Gasteiger partial charge >= 0.3 is 0 Å². The Bertz CT molecular complexity index is 342. The predicted octanol–water partition coefficient (Wildman–Crippen LogP) is 1.04. The van der Waals surface area contributed by atoms with Crippen LogP contribution in [0.25, 0.3) is 0 Å². The fourth-order valence-corrected chi connectivity index (χ4v) is 1.17. The third kappa shape index (κ3) is 4.14. The van der Waals surface area contributed by atoms with Crippen molar-refractivity contribution < 1.29 is 9.53 Å². The third-order valence-corrected chi connectivity index (χ3v) is 2.19. The molecule has 0 bridgehead atoms. The monoisotopic (exact) mass is 243 g/mol. The van der Waals surface area contributed by atoms with Gasteiger partial charge in [0.25, 0.3) is 0 Å². The molecule has 1 heterocycles. The van der Waals surface area contributed by atoms with Gasteiger partial charge in [-0.2, -0.15) is 0 Å². The molecule has 1 rings (SSSR count). The second-order valence-electron chi connectivity index (χ2n) is 3.25. The molecule has 5 nitrogen and oxygen atoms in total. The van der Waals surface area contributed by atoms with Crippen LogP contribution >= 0.6 is 11.6 Å². The molecule has 0 saturated heterocycles. The lowest BCUT2D eigenvalue weighted by Gasteiger charge is -2.11. The topological polar surface area (TPSA) is 77.2 Å². The SMILES string of the molecule is COCCC(N)C(=O)Nc1ccc(Cl)nc1. The molecule has 0 fully saturated rings. The van der Waals surface area contributed by atoms with Gasteiger partial charge in [0.1, 0.15) is 5.15 Å². The molecule has 1 unspecified atom stereocenters. The molecule has 1 aromatic rings. The van der Waals surface area contributed by atoms with Crippen molar-refractivity contribution in [3.63, 3.8) is 0 Å². The van der Waals surface area contributed by atoms with Crippen LogP contribution in [0.3, 0.4) is 0 Å². The second kappa shape index (κ2) is 6.42. The highest BCUT2D eigenvalue weighted by atomic mass is 35.5. The molecule has 88 valence electrons. The molecule has 0 aliphatic carbocycles. The lowest BCUT2D eigenvalue weighted by molar-refractivity contribution is -0.117. The van der Waals surface area contributed by atoms with E-state index in [1.807, 2.05) is 0 Å². The van der Waals surface area contributed by atoms with Crippen LogP contribution in [0.5, 0.6) is 0 Å². The Hall–Kier alpha value is -1.17. The number of nitrogens with two attached hydrogens (primary N) is 1. The van der Waals surface area contributed by atoms with Crippen molar-refractivity contribution in [1.82, 2.24) is 4.98 Å². The van der Waals surface area contributed by atoms with Crippen LogP contribution in [0, 0.1) is 0 Å². The number of amides is 1. The molecule has 3 N–H and O–H groups in total. The Morgan fingerprint density at radius 3 is 3.00 bits per heavy atom. The third-order valence-electron chi connectivity index (χ3n) is 1.96. The van der Waals surface area contributed by atoms with Gasteiger partial charge in [-0.3, -0.25) is 4.79 Å². The zero-order valence-electron chi connectivity index (χ0n) is 8.94. The summed E-state index contributed by atoms with van der Waals surface area (Å²) in [6.45, 7) is 0.452. The number of nitrogens with one attached hydrogen (secondary N) is 1. The van der Waals surface area contributed by atoms with E-state index < -0.39 is 6.04 Å². The van der Waals surface area contributed by atoms with Gasteiger partial charge in [0.15, 0.2) is 0 Å². The molecule has 0 aliphatic rings. The minimum Gasteiger partial charge on any atom is -0.385 e. The first-order chi connectivity index (χ1) is 7.63. The summed E-state index contributed by atoms with van der Waals surface area (Å²) in [5, 5.41) is 3.01. The molecule has 0 saturated carbocycles. The summed E-state index contributed by atoms with van der Waals surface area (Å²) in [6, 6.07) is 2.67. The summed E-state index contributed by atoms with van der Waals surface area (Å²) in [5.74, 6) is -0.263. The fourth-order valence-electron chi connectivity index (χ4n) is 1.06. The van der Waals surface area contributed by atoms with Gasteiger partial charge in [-0.15, -0.1) is 0 Å². The predicted molar refractivity (Wildman–Crippen MR) is 62.3 cm³/mol. The van der Waals surface area contributed by atoms with Crippen molar-refractivity contribution in [2.24, 2.45) is 5.73 Å². The maximum atomic E-state index is 11.6. The standard InChI is InChI=1S/C10H14ClN3O2/c1-16-5-4-8(12)10(15)14-7-2-3-9(11)13-6-7/h2-3,6,8H,4-5,12H2,1H3,(H,14,15). The Kier molecular flexibility index (Phi) is 5.18. The minimum absolute atomic E-state index is 0.263. The Balaban J connectivity index is 2.47. The molecule has 1 amide bonds. The first kappa shape index (κ1) is 12.9. The summed E-state index contributed by atoms with van der Waals surface area (Å²) in [7, 11) is 1.56. The molecule has 1 aromatic heterocycles. The first-order valence-corrected chi connectivity index (χ1v) is 5.18. The molecule has 1 atom stereocenters. The average Bonchev–Trinajstić information content (AvgIpc) is 2.29. The summed E-state index contributed by atoms with van der Waals surface area (Å²) < 4.78 is 4.84. The van der Waals surface area contributed by atoms with Gasteiger partial charge in [-0.1, -0.05) is 11.6 Å². The molecule has 0 spiro atoms. The largest absolute Gasteiger partial charge is 0.385 e. The van der Waals surface area contributed by atoms with Gasteiger partial charge in [0, 0.05) is 13.7 Å². The van der Waals surface area contributed by atoms with Crippen molar-refractivity contribution in [3.05, 3.63) is 23.5 Å². The molecular formula is C10H14ClN3O2. The van der Waals surface area contributed by atoms with Gasteiger partial charge < -0.3 is 15.8 Å². The lowest BCUT2D eigenvalue weighted by atomic mass is 10.2. The molecule has 0 aromatic carbocycles. The molecule has 16 heavy (non-hydrogen) atoms. The van der Waals surface area contributed by atoms with Crippen molar-refractivity contribution in [2.45, 2.75) is 12.5 Å². The number of methoxy groups -OCH3 is 1. The van der Waals surface area contributed by atoms with E-state index in [-0.39, 0.29) is 5.91 Å². The van der Waals surface area contributed by atoms with Crippen LogP contribution in [0.2, 0.25) is 5.15 Å². The summed E-state index contributed by atoms with van der Waals surface area (Å²) in [6.07, 6.45) is 1.95. The van der Waals surface area contributed by atoms with Gasteiger partial charge in [-0.05, 0) is 18.6 Å². The maximum absolute atomic E-state index is 11.6. The highest BCUT2D eigenvalue weighted by molar-refractivity contribution is 6.29. The molecule has 6 heteroatoms. The van der Waals surface area contributed by atoms with E-state index in [1.165, 1.54) is 6.20 Å². The average molecular weight is 244 g/mol. The van der Waals surface area contributed by atoms with Gasteiger partial charge in [-0.25, -0.2) is 4.98 Å². The number of rotatable bonds is 5. The highest BCUT2D eigenvalue weighted by Gasteiger charge is 2.12. The Labute approximate surface area is 98.9 Å². The number of nitrogens with zero attached hydrogens (tertiary/aromatic N) is 1. The highest BCUT2D eigenvalue weighted by Crippen LogP contribution is 2.09. The smallest absolute Gasteiger partial charge is 0.241 e. The van der Waals surface area contributed by atoms with Crippen molar-refractivity contribution in [2.75, 3.05) is 19.0 Å². The number of halogens is 1. The van der Waals surface area contributed by atoms with E-state index in [9.17, 15) is 4.79 Å². The summed E-state index contributed by atoms with van der Waals surface area (Å²) in [4.78, 5) is 15.4. The fraction of sp³-hybridized carbons (Fsp3) is 0.400. The zero-order valence-corrected chi connectivity index (χ0v) is 9.70. The molecular weight excluding hydrogens is 230 g/mol. The van der Waals surface area contributed by atoms with Crippen LogP contribution in [-0.4, -0.2) is 30.6 Å². The first-order valence-electron chi connectivity index (χ1n) is 4.80. The van der Waals surface area contributed by atoms with E-state index >= 15 is 0 Å². The lowest BCUT2D eigenvalue weighted by Crippen LogP contribution is -2.36. The van der Waals surface area contributed by atoms with Crippen molar-refractivity contribution >= 4 is 23.2 Å². The van der Waals surface area contributed by atoms with Crippen LogP contribution in [0.1, 0.15) is 6.42 Å². The second-order valence-corrected chi connectivity index (χ2v) is 3.63. The van der Waals surface area contributed by atoms with E-state index in [0.717, 1.165) is 0 Å². The van der Waals surface area contributed by atoms with Crippen molar-refractivity contribution in [1.29, 1.82) is 0 Å². The summed E-state index contributed by atoms with van der Waals surface area (Å²) >= 11 is 5.61. The normalized spacial score (nSPS) is 12.2. The van der Waals surface area contributed by atoms with Gasteiger partial charge in [0.2, 0.25) is 5.91 Å². The van der Waals surface area contributed by atoms with Crippen LogP contribution in [0.15, 0.2) is 18.3 Å². The van der Waals surface area contributed by atoms with E-state index in [0.29, 0.717) is 23.9 Å². The quantitative estimate of drug-likeness (QED) is 0.758. The van der Waals surface area contributed by atoms with E-state index in [4.69, 9.17) is 22.1 Å². The van der Waals surface area contributed by atoms with Crippen LogP contribution in [0.4, 0.5) is 5.69 Å². The number of pyridine rings is 1. The summed E-state index contributed by atoms with van der Waals surface area (Å²) in [5.41, 5.74) is 6.21.